The van der Waals surface area contributed by atoms with Crippen molar-refractivity contribution in [2.24, 2.45) is 5.41 Å². The summed E-state index contributed by atoms with van der Waals surface area (Å²) in [4.78, 5) is 28.7. The van der Waals surface area contributed by atoms with Crippen molar-refractivity contribution in [2.45, 2.75) is 58.4 Å². The summed E-state index contributed by atoms with van der Waals surface area (Å²) in [5, 5.41) is 0. The Hall–Kier alpha value is -1.69. The van der Waals surface area contributed by atoms with Crippen molar-refractivity contribution < 1.29 is 4.79 Å². The maximum absolute atomic E-state index is 12.6. The summed E-state index contributed by atoms with van der Waals surface area (Å²) in [7, 11) is 2.16. The summed E-state index contributed by atoms with van der Waals surface area (Å²) in [5.74, 6) is 2.35. The van der Waals surface area contributed by atoms with Crippen LogP contribution in [0.25, 0.3) is 0 Å². The van der Waals surface area contributed by atoms with Crippen LogP contribution in [0.3, 0.4) is 0 Å². The van der Waals surface area contributed by atoms with Gasteiger partial charge in [0.15, 0.2) is 0 Å². The predicted octanol–water partition coefficient (Wildman–Crippen LogP) is 2.26. The molecule has 0 saturated carbocycles. The van der Waals surface area contributed by atoms with Crippen molar-refractivity contribution >= 4 is 11.7 Å². The van der Waals surface area contributed by atoms with Gasteiger partial charge in [0.05, 0.1) is 0 Å². The molecule has 1 aromatic rings. The van der Waals surface area contributed by atoms with Crippen LogP contribution < -0.4 is 4.90 Å². The largest absolute Gasteiger partial charge is 0.356 e. The smallest absolute Gasteiger partial charge is 0.222 e. The standard InChI is InChI=1S/C21H33N5O/c1-4-17-13-22-16(2)23-20(17)25-11-8-21(9-12-25)7-5-19(27)26(15-21)18-6-10-24(3)14-18/h13,18H,4-12,14-15H2,1-3H3. The maximum Gasteiger partial charge on any atom is 0.222 e. The molecule has 0 N–H and O–H groups in total. The summed E-state index contributed by atoms with van der Waals surface area (Å²) < 4.78 is 0. The van der Waals surface area contributed by atoms with Gasteiger partial charge in [0.1, 0.15) is 11.6 Å². The predicted molar refractivity (Wildman–Crippen MR) is 107 cm³/mol. The molecule has 0 radical (unpaired) electrons. The van der Waals surface area contributed by atoms with Crippen molar-refractivity contribution in [3.63, 3.8) is 0 Å². The third-order valence-electron chi connectivity index (χ3n) is 6.97. The molecule has 1 unspecified atom stereocenters. The highest BCUT2D eigenvalue weighted by Crippen LogP contribution is 2.42. The zero-order valence-electron chi connectivity index (χ0n) is 17.1. The minimum Gasteiger partial charge on any atom is -0.356 e. The summed E-state index contributed by atoms with van der Waals surface area (Å²) >= 11 is 0. The average Bonchev–Trinajstić information content (AvgIpc) is 3.11. The molecule has 3 saturated heterocycles. The molecule has 3 aliphatic rings. The normalized spacial score (nSPS) is 26.2. The Bertz CT molecular complexity index is 698. The van der Waals surface area contributed by atoms with E-state index in [1.54, 1.807) is 0 Å². The first-order chi connectivity index (χ1) is 13.0. The zero-order chi connectivity index (χ0) is 19.0. The molecule has 1 spiro atoms. The highest BCUT2D eigenvalue weighted by atomic mass is 16.2. The average molecular weight is 372 g/mol. The second-order valence-electron chi connectivity index (χ2n) is 8.83. The first kappa shape index (κ1) is 18.7. The second-order valence-corrected chi connectivity index (χ2v) is 8.83. The lowest BCUT2D eigenvalue weighted by Gasteiger charge is -2.49. The van der Waals surface area contributed by atoms with Gasteiger partial charge in [-0.2, -0.15) is 0 Å². The first-order valence-electron chi connectivity index (χ1n) is 10.6. The van der Waals surface area contributed by atoms with Gasteiger partial charge in [0.25, 0.3) is 0 Å². The van der Waals surface area contributed by atoms with Crippen molar-refractivity contribution in [3.8, 4) is 0 Å². The summed E-state index contributed by atoms with van der Waals surface area (Å²) in [6.07, 6.45) is 8.19. The molecule has 4 rings (SSSR count). The van der Waals surface area contributed by atoms with E-state index in [2.05, 4.69) is 33.7 Å². The van der Waals surface area contributed by atoms with E-state index in [1.165, 1.54) is 5.56 Å². The number of hydrogen-bond acceptors (Lipinski definition) is 5. The topological polar surface area (TPSA) is 52.6 Å². The van der Waals surface area contributed by atoms with E-state index in [0.717, 1.165) is 82.9 Å². The second kappa shape index (κ2) is 7.38. The Morgan fingerprint density at radius 1 is 1.22 bits per heavy atom. The van der Waals surface area contributed by atoms with Crippen LogP contribution in [-0.2, 0) is 11.2 Å². The van der Waals surface area contributed by atoms with Gasteiger partial charge in [-0.15, -0.1) is 0 Å². The molecule has 3 aliphatic heterocycles. The van der Waals surface area contributed by atoms with E-state index in [1.807, 2.05) is 13.1 Å². The number of amides is 1. The number of rotatable bonds is 3. The van der Waals surface area contributed by atoms with Gasteiger partial charge in [-0.1, -0.05) is 6.92 Å². The molecule has 27 heavy (non-hydrogen) atoms. The Morgan fingerprint density at radius 3 is 2.67 bits per heavy atom. The number of nitrogens with zero attached hydrogens (tertiary/aromatic N) is 5. The van der Waals surface area contributed by atoms with Crippen molar-refractivity contribution in [3.05, 3.63) is 17.6 Å². The third-order valence-corrected chi connectivity index (χ3v) is 6.97. The van der Waals surface area contributed by atoms with Crippen molar-refractivity contribution in [1.82, 2.24) is 19.8 Å². The lowest BCUT2D eigenvalue weighted by atomic mass is 9.72. The molecule has 1 amide bonds. The Morgan fingerprint density at radius 2 is 2.00 bits per heavy atom. The van der Waals surface area contributed by atoms with Crippen LogP contribution in [0.4, 0.5) is 5.82 Å². The molecule has 6 nitrogen and oxygen atoms in total. The lowest BCUT2D eigenvalue weighted by molar-refractivity contribution is -0.141. The monoisotopic (exact) mass is 371 g/mol. The Balaban J connectivity index is 1.45. The van der Waals surface area contributed by atoms with E-state index < -0.39 is 0 Å². The van der Waals surface area contributed by atoms with Crippen LogP contribution in [0.1, 0.15) is 50.4 Å². The van der Waals surface area contributed by atoms with Crippen LogP contribution in [-0.4, -0.2) is 71.5 Å². The fraction of sp³-hybridized carbons (Fsp3) is 0.762. The fourth-order valence-electron chi connectivity index (χ4n) is 5.15. The summed E-state index contributed by atoms with van der Waals surface area (Å²) in [5.41, 5.74) is 1.55. The van der Waals surface area contributed by atoms with Gasteiger partial charge < -0.3 is 14.7 Å². The van der Waals surface area contributed by atoms with Crippen LogP contribution in [0.2, 0.25) is 0 Å². The number of carbonyl (C=O) groups is 1. The van der Waals surface area contributed by atoms with E-state index in [4.69, 9.17) is 4.98 Å². The van der Waals surface area contributed by atoms with Crippen molar-refractivity contribution in [2.75, 3.05) is 44.7 Å². The molecule has 0 aromatic carbocycles. The van der Waals surface area contributed by atoms with E-state index in [-0.39, 0.29) is 0 Å². The van der Waals surface area contributed by atoms with Gasteiger partial charge in [-0.3, -0.25) is 4.79 Å². The molecule has 1 aromatic heterocycles. The number of carbonyl (C=O) groups excluding carboxylic acids is 1. The zero-order valence-corrected chi connectivity index (χ0v) is 17.1. The molecular weight excluding hydrogens is 338 g/mol. The van der Waals surface area contributed by atoms with Crippen LogP contribution in [0.15, 0.2) is 6.20 Å². The summed E-state index contributed by atoms with van der Waals surface area (Å²) in [6.45, 7) is 9.33. The minimum atomic E-state index is 0.306. The van der Waals surface area contributed by atoms with Gasteiger partial charge in [0, 0.05) is 50.4 Å². The molecule has 1 atom stereocenters. The third kappa shape index (κ3) is 3.68. The number of anilines is 1. The molecule has 3 fully saturated rings. The number of aromatic nitrogens is 2. The van der Waals surface area contributed by atoms with Crippen LogP contribution in [0, 0.1) is 12.3 Å². The minimum absolute atomic E-state index is 0.306. The van der Waals surface area contributed by atoms with Gasteiger partial charge in [0.2, 0.25) is 5.91 Å². The van der Waals surface area contributed by atoms with Gasteiger partial charge in [-0.25, -0.2) is 9.97 Å². The van der Waals surface area contributed by atoms with E-state index >= 15 is 0 Å². The number of piperidine rings is 2. The number of likely N-dealkylation sites (tertiary alicyclic amines) is 2. The lowest BCUT2D eigenvalue weighted by Crippen LogP contribution is -2.55. The first-order valence-corrected chi connectivity index (χ1v) is 10.6. The SMILES string of the molecule is CCc1cnc(C)nc1N1CCC2(CCC(=O)N(C3CCN(C)C3)C2)CC1. The number of likely N-dealkylation sites (N-methyl/N-ethyl adjacent to an activating group) is 1. The molecule has 4 heterocycles. The highest BCUT2D eigenvalue weighted by molar-refractivity contribution is 5.77. The van der Waals surface area contributed by atoms with Crippen molar-refractivity contribution in [1.29, 1.82) is 0 Å². The molecular formula is C21H33N5O. The summed E-state index contributed by atoms with van der Waals surface area (Å²) in [6, 6.07) is 0.425. The number of hydrogen-bond donors (Lipinski definition) is 0. The van der Waals surface area contributed by atoms with E-state index in [0.29, 0.717) is 17.4 Å². The number of aryl methyl sites for hydroxylation is 2. The molecule has 148 valence electrons. The maximum atomic E-state index is 12.6. The van der Waals surface area contributed by atoms with Crippen LogP contribution >= 0.6 is 0 Å². The Labute approximate surface area is 162 Å². The van der Waals surface area contributed by atoms with Gasteiger partial charge in [-0.05, 0) is 58.0 Å². The fourth-order valence-corrected chi connectivity index (χ4v) is 5.15. The van der Waals surface area contributed by atoms with E-state index in [9.17, 15) is 4.79 Å². The molecule has 6 heteroatoms. The quantitative estimate of drug-likeness (QED) is 0.816. The Kier molecular flexibility index (Phi) is 5.10. The molecule has 0 bridgehead atoms. The molecule has 0 aliphatic carbocycles. The van der Waals surface area contributed by atoms with Crippen LogP contribution in [0.5, 0.6) is 0 Å². The van der Waals surface area contributed by atoms with Gasteiger partial charge >= 0.3 is 0 Å². The highest BCUT2D eigenvalue weighted by Gasteiger charge is 2.44.